The van der Waals surface area contributed by atoms with Crippen molar-refractivity contribution in [2.45, 2.75) is 32.4 Å². The van der Waals surface area contributed by atoms with Crippen molar-refractivity contribution in [2.75, 3.05) is 13.1 Å². The Bertz CT molecular complexity index is 630. The molecule has 7 N–H and O–H groups in total. The first-order valence-electron chi connectivity index (χ1n) is 8.01. The molecule has 0 spiro atoms. The number of aliphatic carboxylic acids is 1. The molecule has 0 bridgehead atoms. The minimum Gasteiger partial charge on any atom is -0.480 e. The zero-order valence-electron chi connectivity index (χ0n) is 14.6. The van der Waals surface area contributed by atoms with Gasteiger partial charge in [0, 0.05) is 18.3 Å². The molecule has 11 nitrogen and oxygen atoms in total. The SMILES string of the molecule is CC(C)C(NC(=O)CNC(=O)CN)C(=O)NC(Cc1cnc[nH]1)C(=O)O. The van der Waals surface area contributed by atoms with Crippen molar-refractivity contribution in [3.8, 4) is 0 Å². The van der Waals surface area contributed by atoms with Crippen LogP contribution in [0.2, 0.25) is 0 Å². The fourth-order valence-corrected chi connectivity index (χ4v) is 2.09. The summed E-state index contributed by atoms with van der Waals surface area (Å²) in [4.78, 5) is 53.3. The van der Waals surface area contributed by atoms with Gasteiger partial charge in [-0.3, -0.25) is 14.4 Å². The van der Waals surface area contributed by atoms with Crippen LogP contribution in [0.1, 0.15) is 19.5 Å². The van der Waals surface area contributed by atoms with Gasteiger partial charge in [0.25, 0.3) is 0 Å². The molecule has 0 saturated carbocycles. The molecule has 0 radical (unpaired) electrons. The van der Waals surface area contributed by atoms with Gasteiger partial charge in [-0.05, 0) is 5.92 Å². The van der Waals surface area contributed by atoms with Gasteiger partial charge in [0.2, 0.25) is 17.7 Å². The van der Waals surface area contributed by atoms with E-state index in [2.05, 4.69) is 25.9 Å². The number of H-pyrrole nitrogens is 1. The van der Waals surface area contributed by atoms with E-state index in [1.165, 1.54) is 12.5 Å². The molecule has 0 aromatic carbocycles. The summed E-state index contributed by atoms with van der Waals surface area (Å²) in [6, 6.07) is -2.14. The topological polar surface area (TPSA) is 179 Å². The number of aromatic nitrogens is 2. The van der Waals surface area contributed by atoms with Gasteiger partial charge in [0.15, 0.2) is 0 Å². The van der Waals surface area contributed by atoms with Crippen LogP contribution in [0.25, 0.3) is 0 Å². The Balaban J connectivity index is 2.69. The van der Waals surface area contributed by atoms with E-state index in [1.54, 1.807) is 13.8 Å². The predicted molar refractivity (Wildman–Crippen MR) is 90.7 cm³/mol. The number of carbonyl (C=O) groups is 4. The Morgan fingerprint density at radius 2 is 1.92 bits per heavy atom. The Kier molecular flexibility index (Phi) is 8.22. The first-order chi connectivity index (χ1) is 12.2. The standard InChI is InChI=1S/C15H24N6O5/c1-8(2)13(21-12(23)6-18-11(22)4-16)14(24)20-10(15(25)26)3-9-5-17-7-19-9/h5,7-8,10,13H,3-4,6,16H2,1-2H3,(H,17,19)(H,18,22)(H,20,24)(H,21,23)(H,25,26). The fourth-order valence-electron chi connectivity index (χ4n) is 2.09. The maximum atomic E-state index is 12.4. The highest BCUT2D eigenvalue weighted by molar-refractivity contribution is 5.92. The quantitative estimate of drug-likeness (QED) is 0.269. The minimum absolute atomic E-state index is 0.0202. The van der Waals surface area contributed by atoms with Crippen molar-refractivity contribution >= 4 is 23.7 Å². The Labute approximate surface area is 150 Å². The van der Waals surface area contributed by atoms with Crippen molar-refractivity contribution in [3.05, 3.63) is 18.2 Å². The molecule has 0 aliphatic carbocycles. The number of amides is 3. The van der Waals surface area contributed by atoms with Gasteiger partial charge in [0.1, 0.15) is 12.1 Å². The van der Waals surface area contributed by atoms with Crippen LogP contribution < -0.4 is 21.7 Å². The Morgan fingerprint density at radius 1 is 1.23 bits per heavy atom. The number of nitrogens with one attached hydrogen (secondary N) is 4. The number of carboxylic acid groups (broad SMARTS) is 1. The largest absolute Gasteiger partial charge is 0.480 e. The third-order valence-corrected chi connectivity index (χ3v) is 3.49. The van der Waals surface area contributed by atoms with Crippen LogP contribution in [0, 0.1) is 5.92 Å². The van der Waals surface area contributed by atoms with Crippen LogP contribution in [0.15, 0.2) is 12.5 Å². The van der Waals surface area contributed by atoms with Crippen LogP contribution in [-0.4, -0.2) is 63.9 Å². The van der Waals surface area contributed by atoms with Crippen molar-refractivity contribution in [1.82, 2.24) is 25.9 Å². The molecule has 2 atom stereocenters. The van der Waals surface area contributed by atoms with E-state index in [9.17, 15) is 24.3 Å². The number of hydrogen-bond acceptors (Lipinski definition) is 6. The molecule has 3 amide bonds. The fraction of sp³-hybridized carbons (Fsp3) is 0.533. The lowest BCUT2D eigenvalue weighted by Crippen LogP contribution is -2.55. The number of carbonyl (C=O) groups excluding carboxylic acids is 3. The number of carboxylic acids is 1. The summed E-state index contributed by atoms with van der Waals surface area (Å²) in [5.41, 5.74) is 5.67. The molecule has 26 heavy (non-hydrogen) atoms. The molecule has 0 saturated heterocycles. The van der Waals surface area contributed by atoms with Gasteiger partial charge in [-0.1, -0.05) is 13.8 Å². The van der Waals surface area contributed by atoms with Crippen LogP contribution in [-0.2, 0) is 25.6 Å². The Morgan fingerprint density at radius 3 is 2.42 bits per heavy atom. The number of aromatic amines is 1. The van der Waals surface area contributed by atoms with Gasteiger partial charge in [-0.25, -0.2) is 9.78 Å². The first-order valence-corrected chi connectivity index (χ1v) is 8.01. The molecular formula is C15H24N6O5. The molecule has 0 fully saturated rings. The average Bonchev–Trinajstić information content (AvgIpc) is 3.09. The summed E-state index contributed by atoms with van der Waals surface area (Å²) in [7, 11) is 0. The molecule has 144 valence electrons. The lowest BCUT2D eigenvalue weighted by molar-refractivity contribution is -0.142. The lowest BCUT2D eigenvalue weighted by Gasteiger charge is -2.24. The van der Waals surface area contributed by atoms with Crippen molar-refractivity contribution in [1.29, 1.82) is 0 Å². The van der Waals surface area contributed by atoms with Gasteiger partial charge < -0.3 is 31.8 Å². The molecule has 1 aromatic rings. The second-order valence-corrected chi connectivity index (χ2v) is 5.95. The lowest BCUT2D eigenvalue weighted by atomic mass is 10.0. The maximum absolute atomic E-state index is 12.4. The zero-order chi connectivity index (χ0) is 19.7. The van der Waals surface area contributed by atoms with Crippen molar-refractivity contribution in [2.24, 2.45) is 11.7 Å². The van der Waals surface area contributed by atoms with Gasteiger partial charge in [-0.2, -0.15) is 0 Å². The second kappa shape index (κ2) is 10.1. The number of nitrogens with zero attached hydrogens (tertiary/aromatic N) is 1. The van der Waals surface area contributed by atoms with Crippen LogP contribution >= 0.6 is 0 Å². The third-order valence-electron chi connectivity index (χ3n) is 3.49. The summed E-state index contributed by atoms with van der Waals surface area (Å²) < 4.78 is 0. The normalized spacial score (nSPS) is 12.9. The monoisotopic (exact) mass is 368 g/mol. The van der Waals surface area contributed by atoms with E-state index < -0.39 is 35.8 Å². The van der Waals surface area contributed by atoms with Crippen molar-refractivity contribution < 1.29 is 24.3 Å². The van der Waals surface area contributed by atoms with Crippen LogP contribution in [0.3, 0.4) is 0 Å². The highest BCUT2D eigenvalue weighted by Gasteiger charge is 2.29. The van der Waals surface area contributed by atoms with Crippen LogP contribution in [0.5, 0.6) is 0 Å². The minimum atomic E-state index is -1.21. The molecule has 0 aliphatic rings. The van der Waals surface area contributed by atoms with Gasteiger partial charge >= 0.3 is 5.97 Å². The number of hydrogen-bond donors (Lipinski definition) is 6. The summed E-state index contributed by atoms with van der Waals surface area (Å²) in [6.45, 7) is 2.82. The predicted octanol–water partition coefficient (Wildman–Crippen LogP) is -2.26. The molecule has 2 unspecified atom stereocenters. The van der Waals surface area contributed by atoms with Gasteiger partial charge in [0.05, 0.1) is 19.4 Å². The first kappa shape index (κ1) is 21.1. The summed E-state index contributed by atoms with van der Waals surface area (Å²) in [5.74, 6) is -3.23. The number of imidazole rings is 1. The number of rotatable bonds is 10. The number of nitrogens with two attached hydrogens (primary N) is 1. The molecule has 1 rings (SSSR count). The molecule has 0 aliphatic heterocycles. The van der Waals surface area contributed by atoms with E-state index in [0.717, 1.165) is 0 Å². The molecule has 1 heterocycles. The Hall–Kier alpha value is -2.95. The molecular weight excluding hydrogens is 344 g/mol. The van der Waals surface area contributed by atoms with Gasteiger partial charge in [-0.15, -0.1) is 0 Å². The second-order valence-electron chi connectivity index (χ2n) is 5.95. The molecule has 11 heteroatoms. The average molecular weight is 368 g/mol. The summed E-state index contributed by atoms with van der Waals surface area (Å²) in [6.07, 6.45) is 2.89. The molecule has 1 aromatic heterocycles. The van der Waals surface area contributed by atoms with Crippen molar-refractivity contribution in [3.63, 3.8) is 0 Å². The smallest absolute Gasteiger partial charge is 0.326 e. The van der Waals surface area contributed by atoms with E-state index in [0.29, 0.717) is 5.69 Å². The highest BCUT2D eigenvalue weighted by atomic mass is 16.4. The summed E-state index contributed by atoms with van der Waals surface area (Å²) >= 11 is 0. The van der Waals surface area contributed by atoms with E-state index in [-0.39, 0.29) is 25.4 Å². The van der Waals surface area contributed by atoms with E-state index in [1.807, 2.05) is 0 Å². The maximum Gasteiger partial charge on any atom is 0.326 e. The third kappa shape index (κ3) is 6.89. The summed E-state index contributed by atoms with van der Waals surface area (Å²) in [5, 5.41) is 16.5. The van der Waals surface area contributed by atoms with E-state index in [4.69, 9.17) is 5.73 Å². The highest BCUT2D eigenvalue weighted by Crippen LogP contribution is 2.05. The van der Waals surface area contributed by atoms with Crippen LogP contribution in [0.4, 0.5) is 0 Å². The zero-order valence-corrected chi connectivity index (χ0v) is 14.6. The van der Waals surface area contributed by atoms with E-state index >= 15 is 0 Å².